The van der Waals surface area contributed by atoms with Gasteiger partial charge in [0.15, 0.2) is 5.82 Å². The molecule has 0 amide bonds. The molecule has 5 nitrogen and oxygen atoms in total. The predicted molar refractivity (Wildman–Crippen MR) is 182 cm³/mol. The Hall–Kier alpha value is -6.20. The predicted octanol–water partition coefficient (Wildman–Crippen LogP) is 10.1. The maximum absolute atomic E-state index is 6.36. The van der Waals surface area contributed by atoms with Crippen molar-refractivity contribution < 1.29 is 4.42 Å². The molecule has 4 aromatic heterocycles. The lowest BCUT2D eigenvalue weighted by atomic mass is 10.0. The largest absolute Gasteiger partial charge is 0.455 e. The van der Waals surface area contributed by atoms with E-state index in [0.29, 0.717) is 5.82 Å². The monoisotopic (exact) mass is 576 g/mol. The summed E-state index contributed by atoms with van der Waals surface area (Å²) >= 11 is 0. The second-order valence-corrected chi connectivity index (χ2v) is 11.1. The average Bonchev–Trinajstić information content (AvgIpc) is 3.52. The maximum atomic E-state index is 6.36. The Bertz CT molecular complexity index is 2520. The number of benzene rings is 5. The van der Waals surface area contributed by atoms with Gasteiger partial charge in [-0.05, 0) is 47.5 Å². The van der Waals surface area contributed by atoms with Crippen molar-refractivity contribution in [3.63, 3.8) is 0 Å². The zero-order valence-corrected chi connectivity index (χ0v) is 24.1. The highest BCUT2D eigenvalue weighted by Crippen LogP contribution is 2.39. The summed E-state index contributed by atoms with van der Waals surface area (Å²) in [5.41, 5.74) is 10.1. The smallest absolute Gasteiger partial charge is 0.161 e. The molecule has 0 aliphatic rings. The van der Waals surface area contributed by atoms with Gasteiger partial charge < -0.3 is 4.42 Å². The third-order valence-corrected chi connectivity index (χ3v) is 8.35. The summed E-state index contributed by atoms with van der Waals surface area (Å²) < 4.78 is 6.36. The summed E-state index contributed by atoms with van der Waals surface area (Å²) in [6.45, 7) is 0. The van der Waals surface area contributed by atoms with Crippen LogP contribution in [0.1, 0.15) is 0 Å². The number of para-hydroxylation sites is 3. The maximum Gasteiger partial charge on any atom is 0.161 e. The Balaban J connectivity index is 1.16. The number of nitrogens with zero attached hydrogens (tertiary/aromatic N) is 4. The fourth-order valence-electron chi connectivity index (χ4n) is 6.14. The molecule has 0 fully saturated rings. The highest BCUT2D eigenvalue weighted by Gasteiger charge is 2.19. The fourth-order valence-corrected chi connectivity index (χ4v) is 6.14. The normalized spacial score (nSPS) is 11.6. The van der Waals surface area contributed by atoms with E-state index in [0.717, 1.165) is 72.0 Å². The Kier molecular flexibility index (Phi) is 5.74. The lowest BCUT2D eigenvalue weighted by Crippen LogP contribution is -1.96. The van der Waals surface area contributed by atoms with Crippen molar-refractivity contribution in [2.24, 2.45) is 0 Å². The van der Waals surface area contributed by atoms with Gasteiger partial charge in [-0.3, -0.25) is 4.98 Å². The van der Waals surface area contributed by atoms with Gasteiger partial charge in [0.05, 0.1) is 27.8 Å². The van der Waals surface area contributed by atoms with Crippen molar-refractivity contribution in [3.8, 4) is 45.2 Å². The van der Waals surface area contributed by atoms with Crippen molar-refractivity contribution in [1.82, 2.24) is 19.9 Å². The molecule has 210 valence electrons. The molecule has 5 heteroatoms. The molecule has 5 aromatic carbocycles. The number of rotatable bonds is 4. The molecule has 0 aliphatic heterocycles. The molecule has 0 bridgehead atoms. The van der Waals surface area contributed by atoms with E-state index in [4.69, 9.17) is 24.4 Å². The minimum atomic E-state index is 0.625. The van der Waals surface area contributed by atoms with Gasteiger partial charge >= 0.3 is 0 Å². The van der Waals surface area contributed by atoms with E-state index in [1.807, 2.05) is 79.0 Å². The lowest BCUT2D eigenvalue weighted by Gasteiger charge is -2.11. The fraction of sp³-hybridized carbons (Fsp3) is 0. The first-order chi connectivity index (χ1) is 22.3. The third-order valence-electron chi connectivity index (χ3n) is 8.35. The van der Waals surface area contributed by atoms with Crippen molar-refractivity contribution in [2.45, 2.75) is 0 Å². The molecule has 45 heavy (non-hydrogen) atoms. The molecule has 0 saturated carbocycles. The number of hydrogen-bond donors (Lipinski definition) is 0. The van der Waals surface area contributed by atoms with E-state index in [-0.39, 0.29) is 0 Å². The first-order valence-corrected chi connectivity index (χ1v) is 14.9. The van der Waals surface area contributed by atoms with E-state index >= 15 is 0 Å². The topological polar surface area (TPSA) is 64.7 Å². The molecule has 0 saturated heterocycles. The first-order valence-electron chi connectivity index (χ1n) is 14.9. The van der Waals surface area contributed by atoms with Gasteiger partial charge in [0, 0.05) is 33.5 Å². The summed E-state index contributed by atoms with van der Waals surface area (Å²) in [7, 11) is 0. The van der Waals surface area contributed by atoms with Crippen LogP contribution in [0.2, 0.25) is 0 Å². The minimum absolute atomic E-state index is 0.625. The standard InChI is InChI=1S/C40H24N4O/c1-2-10-25(11-3-1)26-18-20-27(21-19-26)37-29-12-4-7-15-32(29)43-40(44-37)28-22-23-34(41-24-28)38-36-31-14-6-9-17-35(31)45-39(36)30-13-5-8-16-33(30)42-38/h1-24H. The van der Waals surface area contributed by atoms with Crippen molar-refractivity contribution in [2.75, 3.05) is 0 Å². The van der Waals surface area contributed by atoms with Gasteiger partial charge in [-0.2, -0.15) is 0 Å². The number of fused-ring (bicyclic) bond motifs is 6. The summed E-state index contributed by atoms with van der Waals surface area (Å²) in [4.78, 5) is 20.0. The van der Waals surface area contributed by atoms with Crippen LogP contribution in [0.25, 0.3) is 88.9 Å². The molecule has 0 atom stereocenters. The molecular weight excluding hydrogens is 552 g/mol. The van der Waals surface area contributed by atoms with Crippen LogP contribution in [-0.4, -0.2) is 19.9 Å². The molecule has 9 rings (SSSR count). The molecular formula is C40H24N4O. The van der Waals surface area contributed by atoms with Crippen LogP contribution in [0.4, 0.5) is 0 Å². The summed E-state index contributed by atoms with van der Waals surface area (Å²) in [6.07, 6.45) is 1.84. The number of pyridine rings is 2. The van der Waals surface area contributed by atoms with E-state index in [2.05, 4.69) is 66.7 Å². The molecule has 0 N–H and O–H groups in total. The van der Waals surface area contributed by atoms with Crippen LogP contribution >= 0.6 is 0 Å². The van der Waals surface area contributed by atoms with Crippen LogP contribution in [0, 0.1) is 0 Å². The van der Waals surface area contributed by atoms with Crippen molar-refractivity contribution >= 4 is 43.7 Å². The number of furan rings is 1. The molecule has 0 radical (unpaired) electrons. The van der Waals surface area contributed by atoms with Gasteiger partial charge in [0.2, 0.25) is 0 Å². The Labute approximate surface area is 258 Å². The van der Waals surface area contributed by atoms with Gasteiger partial charge in [0.1, 0.15) is 16.9 Å². The highest BCUT2D eigenvalue weighted by atomic mass is 16.3. The van der Waals surface area contributed by atoms with E-state index in [1.165, 1.54) is 11.1 Å². The summed E-state index contributed by atoms with van der Waals surface area (Å²) in [6, 6.07) is 47.3. The second kappa shape index (κ2) is 10.2. The zero-order chi connectivity index (χ0) is 29.7. The van der Waals surface area contributed by atoms with E-state index in [9.17, 15) is 0 Å². The highest BCUT2D eigenvalue weighted by molar-refractivity contribution is 6.18. The Morgan fingerprint density at radius 3 is 1.82 bits per heavy atom. The van der Waals surface area contributed by atoms with E-state index in [1.54, 1.807) is 0 Å². The summed E-state index contributed by atoms with van der Waals surface area (Å²) in [5, 5.41) is 3.98. The second-order valence-electron chi connectivity index (χ2n) is 11.1. The Morgan fingerprint density at radius 1 is 0.422 bits per heavy atom. The first kappa shape index (κ1) is 25.3. The average molecular weight is 577 g/mol. The molecule has 0 aliphatic carbocycles. The third kappa shape index (κ3) is 4.25. The van der Waals surface area contributed by atoms with Crippen LogP contribution in [0.15, 0.2) is 150 Å². The molecule has 4 heterocycles. The van der Waals surface area contributed by atoms with Crippen LogP contribution in [0.3, 0.4) is 0 Å². The number of aromatic nitrogens is 4. The quantitative estimate of drug-likeness (QED) is 0.209. The molecule has 0 spiro atoms. The van der Waals surface area contributed by atoms with Gasteiger partial charge in [-0.1, -0.05) is 103 Å². The zero-order valence-electron chi connectivity index (χ0n) is 24.1. The van der Waals surface area contributed by atoms with Gasteiger partial charge in [-0.15, -0.1) is 0 Å². The van der Waals surface area contributed by atoms with Crippen molar-refractivity contribution in [3.05, 3.63) is 146 Å². The SMILES string of the molecule is c1ccc(-c2ccc(-c3nc(-c4ccc(-c5nc6ccccc6c6oc7ccccc7c56)nc4)nc4ccccc34)cc2)cc1. The van der Waals surface area contributed by atoms with Crippen molar-refractivity contribution in [1.29, 1.82) is 0 Å². The molecule has 0 unspecified atom stereocenters. The van der Waals surface area contributed by atoms with Crippen LogP contribution in [-0.2, 0) is 0 Å². The minimum Gasteiger partial charge on any atom is -0.455 e. The van der Waals surface area contributed by atoms with Gasteiger partial charge in [-0.25, -0.2) is 15.0 Å². The lowest BCUT2D eigenvalue weighted by molar-refractivity contribution is 0.672. The van der Waals surface area contributed by atoms with Crippen LogP contribution < -0.4 is 0 Å². The molecule has 9 aromatic rings. The summed E-state index contributed by atoms with van der Waals surface area (Å²) in [5.74, 6) is 0.625. The van der Waals surface area contributed by atoms with Crippen LogP contribution in [0.5, 0.6) is 0 Å². The Morgan fingerprint density at radius 2 is 1.04 bits per heavy atom. The van der Waals surface area contributed by atoms with Gasteiger partial charge in [0.25, 0.3) is 0 Å². The number of hydrogen-bond acceptors (Lipinski definition) is 5. The van der Waals surface area contributed by atoms with E-state index < -0.39 is 0 Å².